The number of hydrogen-bond acceptors (Lipinski definition) is 3. The normalized spacial score (nSPS) is 21.0. The molecule has 2 aromatic rings. The Kier molecular flexibility index (Phi) is 4.37. The number of benzene rings is 1. The van der Waals surface area contributed by atoms with E-state index in [1.165, 1.54) is 4.90 Å². The maximum Gasteiger partial charge on any atom is 0.275 e. The number of aryl methyl sites for hydroxylation is 1. The fraction of sp³-hybridized carbons (Fsp3) is 0.375. The first-order valence-electron chi connectivity index (χ1n) is 7.38. The van der Waals surface area contributed by atoms with Gasteiger partial charge in [-0.3, -0.25) is 4.79 Å². The Balaban J connectivity index is 1.92. The Morgan fingerprint density at radius 3 is 2.91 bits per heavy atom. The van der Waals surface area contributed by atoms with Gasteiger partial charge in [-0.1, -0.05) is 23.7 Å². The summed E-state index contributed by atoms with van der Waals surface area (Å²) in [4.78, 5) is 14.0. The van der Waals surface area contributed by atoms with Gasteiger partial charge in [0.2, 0.25) is 0 Å². The summed E-state index contributed by atoms with van der Waals surface area (Å²) in [7, 11) is 0. The summed E-state index contributed by atoms with van der Waals surface area (Å²) >= 11 is 6.15. The summed E-state index contributed by atoms with van der Waals surface area (Å²) in [5, 5.41) is 14.2. The molecule has 0 spiro atoms. The lowest BCUT2D eigenvalue weighted by atomic mass is 10.2. The third-order valence-corrected chi connectivity index (χ3v) is 4.35. The first-order chi connectivity index (χ1) is 11.0. The number of hydrogen-bond donors (Lipinski definition) is 1. The highest BCUT2D eigenvalue weighted by Gasteiger charge is 2.36. The molecule has 1 saturated heterocycles. The van der Waals surface area contributed by atoms with Crippen LogP contribution < -0.4 is 0 Å². The van der Waals surface area contributed by atoms with Gasteiger partial charge in [0.15, 0.2) is 5.69 Å². The molecule has 1 aromatic carbocycles. The average Bonchev–Trinajstić information content (AvgIpc) is 3.10. The van der Waals surface area contributed by atoms with Gasteiger partial charge in [-0.25, -0.2) is 9.07 Å². The first-order valence-corrected chi connectivity index (χ1v) is 7.76. The van der Waals surface area contributed by atoms with Crippen LogP contribution in [0.25, 0.3) is 5.69 Å². The smallest absolute Gasteiger partial charge is 0.275 e. The Bertz CT molecular complexity index is 734. The summed E-state index contributed by atoms with van der Waals surface area (Å²) in [5.41, 5.74) is 1.59. The number of halogens is 2. The minimum absolute atomic E-state index is 0.0115. The predicted octanol–water partition coefficient (Wildman–Crippen LogP) is 2.38. The summed E-state index contributed by atoms with van der Waals surface area (Å²) in [6.45, 7) is 1.50. The molecule has 0 radical (unpaired) electrons. The number of rotatable bonds is 3. The molecule has 0 saturated carbocycles. The fourth-order valence-corrected chi connectivity index (χ4v) is 3.07. The molecule has 5 nitrogen and oxygen atoms in total. The zero-order chi connectivity index (χ0) is 16.6. The van der Waals surface area contributed by atoms with Crippen molar-refractivity contribution >= 4 is 17.5 Å². The quantitative estimate of drug-likeness (QED) is 0.935. The largest absolute Gasteiger partial charge is 0.394 e. The van der Waals surface area contributed by atoms with Crippen molar-refractivity contribution in [1.29, 1.82) is 0 Å². The van der Waals surface area contributed by atoms with Crippen molar-refractivity contribution in [3.05, 3.63) is 46.7 Å². The van der Waals surface area contributed by atoms with Crippen LogP contribution in [-0.4, -0.2) is 51.1 Å². The molecule has 1 aromatic heterocycles. The molecule has 2 heterocycles. The number of para-hydroxylation sites is 1. The highest BCUT2D eigenvalue weighted by molar-refractivity contribution is 6.32. The van der Waals surface area contributed by atoms with Crippen LogP contribution in [0.15, 0.2) is 30.5 Å². The number of alkyl halides is 1. The van der Waals surface area contributed by atoms with Crippen LogP contribution in [0, 0.1) is 6.92 Å². The van der Waals surface area contributed by atoms with Crippen LogP contribution in [0.2, 0.25) is 5.02 Å². The van der Waals surface area contributed by atoms with E-state index in [4.69, 9.17) is 11.6 Å². The van der Waals surface area contributed by atoms with Crippen molar-refractivity contribution in [3.8, 4) is 5.69 Å². The van der Waals surface area contributed by atoms with Crippen LogP contribution in [0.4, 0.5) is 4.39 Å². The highest BCUT2D eigenvalue weighted by atomic mass is 35.5. The Morgan fingerprint density at radius 1 is 1.48 bits per heavy atom. The van der Waals surface area contributed by atoms with E-state index >= 15 is 0 Å². The molecule has 1 aliphatic heterocycles. The maximum absolute atomic E-state index is 13.6. The molecule has 0 unspecified atom stereocenters. The average molecular weight is 338 g/mol. The van der Waals surface area contributed by atoms with Gasteiger partial charge in [0.25, 0.3) is 5.91 Å². The summed E-state index contributed by atoms with van der Waals surface area (Å²) in [6.07, 6.45) is 0.764. The number of aliphatic hydroxyl groups excluding tert-OH is 1. The Hall–Kier alpha value is -1.92. The number of likely N-dealkylation sites (tertiary alicyclic amines) is 1. The first kappa shape index (κ1) is 16.0. The van der Waals surface area contributed by atoms with Crippen molar-refractivity contribution in [3.63, 3.8) is 0 Å². The van der Waals surface area contributed by atoms with Gasteiger partial charge in [-0.2, -0.15) is 5.10 Å². The van der Waals surface area contributed by atoms with E-state index in [1.54, 1.807) is 29.9 Å². The lowest BCUT2D eigenvalue weighted by Gasteiger charge is -2.21. The second kappa shape index (κ2) is 6.29. The van der Waals surface area contributed by atoms with Crippen LogP contribution in [0.5, 0.6) is 0 Å². The minimum Gasteiger partial charge on any atom is -0.394 e. The fourth-order valence-electron chi connectivity index (χ4n) is 2.85. The minimum atomic E-state index is -1.11. The Labute approximate surface area is 138 Å². The van der Waals surface area contributed by atoms with Gasteiger partial charge in [-0.15, -0.1) is 0 Å². The zero-order valence-electron chi connectivity index (χ0n) is 12.6. The highest BCUT2D eigenvalue weighted by Crippen LogP contribution is 2.25. The lowest BCUT2D eigenvalue weighted by molar-refractivity contribution is 0.0666. The lowest BCUT2D eigenvalue weighted by Crippen LogP contribution is -2.38. The molecule has 7 heteroatoms. The maximum atomic E-state index is 13.6. The van der Waals surface area contributed by atoms with Crippen LogP contribution >= 0.6 is 11.6 Å². The molecule has 0 bridgehead atoms. The van der Waals surface area contributed by atoms with Gasteiger partial charge in [-0.05, 0) is 19.1 Å². The van der Waals surface area contributed by atoms with Gasteiger partial charge in [0.05, 0.1) is 29.9 Å². The SMILES string of the molecule is Cc1cn(-c2ccccc2Cl)nc1C(=O)N1C[C@@H](F)C[C@H]1CO. The second-order valence-electron chi connectivity index (χ2n) is 5.68. The van der Waals surface area contributed by atoms with E-state index in [0.717, 1.165) is 0 Å². The van der Waals surface area contributed by atoms with Gasteiger partial charge in [0.1, 0.15) is 6.17 Å². The Morgan fingerprint density at radius 2 is 2.22 bits per heavy atom. The van der Waals surface area contributed by atoms with Crippen molar-refractivity contribution in [1.82, 2.24) is 14.7 Å². The van der Waals surface area contributed by atoms with Crippen LogP contribution in [0.3, 0.4) is 0 Å². The van der Waals surface area contributed by atoms with E-state index < -0.39 is 12.2 Å². The van der Waals surface area contributed by atoms with E-state index in [0.29, 0.717) is 16.3 Å². The molecule has 1 aliphatic rings. The van der Waals surface area contributed by atoms with Crippen LogP contribution in [0.1, 0.15) is 22.5 Å². The van der Waals surface area contributed by atoms with Gasteiger partial charge < -0.3 is 10.0 Å². The van der Waals surface area contributed by atoms with E-state index in [-0.39, 0.29) is 31.2 Å². The molecule has 2 atom stereocenters. The molecule has 122 valence electrons. The van der Waals surface area contributed by atoms with Crippen molar-refractivity contribution < 1.29 is 14.3 Å². The molecular formula is C16H17ClFN3O2. The summed E-state index contributed by atoms with van der Waals surface area (Å²) in [6, 6.07) is 6.68. The van der Waals surface area contributed by atoms with Crippen LogP contribution in [-0.2, 0) is 0 Å². The third kappa shape index (κ3) is 2.96. The summed E-state index contributed by atoms with van der Waals surface area (Å²) < 4.78 is 15.1. The standard InChI is InChI=1S/C16H17ClFN3O2/c1-10-7-21(14-5-3-2-4-13(14)17)19-15(10)16(23)20-8-11(18)6-12(20)9-22/h2-5,7,11-12,22H,6,8-9H2,1H3/t11-,12-/m0/s1. The molecule has 1 amide bonds. The van der Waals surface area contributed by atoms with Crippen molar-refractivity contribution in [2.75, 3.05) is 13.2 Å². The van der Waals surface area contributed by atoms with Crippen molar-refractivity contribution in [2.45, 2.75) is 25.6 Å². The summed E-state index contributed by atoms with van der Waals surface area (Å²) in [5.74, 6) is -0.368. The van der Waals surface area contributed by atoms with Gasteiger partial charge in [0, 0.05) is 18.2 Å². The molecule has 23 heavy (non-hydrogen) atoms. The molecule has 1 fully saturated rings. The number of carbonyl (C=O) groups excluding carboxylic acids is 1. The number of aromatic nitrogens is 2. The van der Waals surface area contributed by atoms with E-state index in [2.05, 4.69) is 5.10 Å². The monoisotopic (exact) mass is 337 g/mol. The molecular weight excluding hydrogens is 321 g/mol. The third-order valence-electron chi connectivity index (χ3n) is 4.03. The van der Waals surface area contributed by atoms with E-state index in [1.807, 2.05) is 12.1 Å². The van der Waals surface area contributed by atoms with Gasteiger partial charge >= 0.3 is 0 Å². The zero-order valence-corrected chi connectivity index (χ0v) is 13.4. The molecule has 3 rings (SSSR count). The van der Waals surface area contributed by atoms with Crippen molar-refractivity contribution in [2.24, 2.45) is 0 Å². The predicted molar refractivity (Wildman–Crippen MR) is 84.7 cm³/mol. The molecule has 1 N–H and O–H groups in total. The number of nitrogens with zero attached hydrogens (tertiary/aromatic N) is 3. The number of amides is 1. The topological polar surface area (TPSA) is 58.4 Å². The number of aliphatic hydroxyl groups is 1. The molecule has 0 aliphatic carbocycles. The van der Waals surface area contributed by atoms with E-state index in [9.17, 15) is 14.3 Å². The second-order valence-corrected chi connectivity index (χ2v) is 6.09. The number of carbonyl (C=O) groups is 1.